The first-order chi connectivity index (χ1) is 5.18. The van der Waals surface area contributed by atoms with Crippen molar-refractivity contribution >= 4 is 0 Å². The Morgan fingerprint density at radius 3 is 1.91 bits per heavy atom. The van der Waals surface area contributed by atoms with Gasteiger partial charge in [0.15, 0.2) is 0 Å². The van der Waals surface area contributed by atoms with Gasteiger partial charge in [0.25, 0.3) is 5.97 Å². The first kappa shape index (κ1) is 7.53. The molecule has 0 amide bonds. The number of fused-ring (bicyclic) bond motifs is 3. The molecule has 0 aromatic rings. The third-order valence-corrected chi connectivity index (χ3v) is 2.35. The highest BCUT2D eigenvalue weighted by Crippen LogP contribution is 2.39. The molecule has 3 heterocycles. The lowest BCUT2D eigenvalue weighted by molar-refractivity contribution is -0.466. The molecule has 0 atom stereocenters. The first-order valence-corrected chi connectivity index (χ1v) is 4.10. The van der Waals surface area contributed by atoms with Gasteiger partial charge in [-0.1, -0.05) is 13.8 Å². The summed E-state index contributed by atoms with van der Waals surface area (Å²) in [4.78, 5) is 0. The minimum atomic E-state index is -0.697. The Hall–Kier alpha value is -0.120. The Labute approximate surface area is 66.6 Å². The van der Waals surface area contributed by atoms with Crippen molar-refractivity contribution in [3.05, 3.63) is 0 Å². The second-order valence-electron chi connectivity index (χ2n) is 3.71. The van der Waals surface area contributed by atoms with Gasteiger partial charge in [-0.3, -0.25) is 0 Å². The van der Waals surface area contributed by atoms with E-state index in [2.05, 4.69) is 6.92 Å². The summed E-state index contributed by atoms with van der Waals surface area (Å²) in [6.45, 7) is 6.42. The maximum atomic E-state index is 5.47. The van der Waals surface area contributed by atoms with Crippen molar-refractivity contribution in [1.82, 2.24) is 0 Å². The third-order valence-electron chi connectivity index (χ3n) is 2.35. The van der Waals surface area contributed by atoms with E-state index in [1.165, 1.54) is 0 Å². The fourth-order valence-corrected chi connectivity index (χ4v) is 1.41. The molecule has 0 aromatic heterocycles. The van der Waals surface area contributed by atoms with Gasteiger partial charge in [-0.2, -0.15) is 0 Å². The quantitative estimate of drug-likeness (QED) is 0.572. The van der Waals surface area contributed by atoms with E-state index in [0.717, 1.165) is 26.2 Å². The van der Waals surface area contributed by atoms with E-state index in [9.17, 15) is 0 Å². The van der Waals surface area contributed by atoms with Crippen LogP contribution < -0.4 is 0 Å². The fourth-order valence-electron chi connectivity index (χ4n) is 1.41. The topological polar surface area (TPSA) is 27.7 Å². The molecule has 0 aliphatic carbocycles. The van der Waals surface area contributed by atoms with E-state index in [1.54, 1.807) is 0 Å². The SMILES string of the molecule is CCC12OCC(C)(CO1)CO2. The van der Waals surface area contributed by atoms with E-state index in [4.69, 9.17) is 14.2 Å². The number of rotatable bonds is 1. The molecule has 3 fully saturated rings. The molecule has 0 spiro atoms. The minimum Gasteiger partial charge on any atom is -0.327 e. The average molecular weight is 158 g/mol. The van der Waals surface area contributed by atoms with Crippen molar-refractivity contribution in [3.63, 3.8) is 0 Å². The van der Waals surface area contributed by atoms with E-state index in [-0.39, 0.29) is 5.41 Å². The molecule has 3 rings (SSSR count). The van der Waals surface area contributed by atoms with Crippen molar-refractivity contribution in [1.29, 1.82) is 0 Å². The molecule has 0 radical (unpaired) electrons. The molecule has 3 nitrogen and oxygen atoms in total. The Morgan fingerprint density at radius 1 is 1.09 bits per heavy atom. The van der Waals surface area contributed by atoms with Crippen LogP contribution in [0, 0.1) is 5.41 Å². The van der Waals surface area contributed by atoms with Gasteiger partial charge in [0, 0.05) is 11.8 Å². The first-order valence-electron chi connectivity index (χ1n) is 4.10. The molecule has 3 saturated heterocycles. The van der Waals surface area contributed by atoms with Gasteiger partial charge in [-0.05, 0) is 0 Å². The summed E-state index contributed by atoms with van der Waals surface area (Å²) in [7, 11) is 0. The molecule has 0 aromatic carbocycles. The van der Waals surface area contributed by atoms with E-state index in [0.29, 0.717) is 0 Å². The van der Waals surface area contributed by atoms with E-state index in [1.807, 2.05) is 6.92 Å². The Bertz CT molecular complexity index is 142. The van der Waals surface area contributed by atoms with Crippen LogP contribution in [-0.4, -0.2) is 25.8 Å². The van der Waals surface area contributed by atoms with Gasteiger partial charge >= 0.3 is 0 Å². The summed E-state index contributed by atoms with van der Waals surface area (Å²) in [5, 5.41) is 0. The van der Waals surface area contributed by atoms with E-state index >= 15 is 0 Å². The Kier molecular flexibility index (Phi) is 1.50. The number of ether oxygens (including phenoxy) is 3. The summed E-state index contributed by atoms with van der Waals surface area (Å²) in [5.74, 6) is -0.697. The van der Waals surface area contributed by atoms with Crippen LogP contribution in [0.1, 0.15) is 20.3 Å². The summed E-state index contributed by atoms with van der Waals surface area (Å²) in [6, 6.07) is 0. The zero-order valence-corrected chi connectivity index (χ0v) is 7.05. The smallest absolute Gasteiger partial charge is 0.282 e. The highest BCUT2D eigenvalue weighted by Gasteiger charge is 2.49. The molecule has 3 aliphatic heterocycles. The molecular weight excluding hydrogens is 144 g/mol. The van der Waals surface area contributed by atoms with Crippen molar-refractivity contribution in [2.75, 3.05) is 19.8 Å². The highest BCUT2D eigenvalue weighted by molar-refractivity contribution is 4.83. The average Bonchev–Trinajstić information content (AvgIpc) is 2.07. The van der Waals surface area contributed by atoms with Crippen molar-refractivity contribution in [2.24, 2.45) is 5.41 Å². The molecule has 3 aliphatic rings. The molecular formula is C8H14O3. The molecule has 64 valence electrons. The molecule has 3 heteroatoms. The van der Waals surface area contributed by atoms with Crippen LogP contribution >= 0.6 is 0 Å². The molecule has 2 bridgehead atoms. The largest absolute Gasteiger partial charge is 0.327 e. The molecule has 0 unspecified atom stereocenters. The number of hydrogen-bond acceptors (Lipinski definition) is 3. The fraction of sp³-hybridized carbons (Fsp3) is 1.00. The maximum Gasteiger partial charge on any atom is 0.282 e. The maximum absolute atomic E-state index is 5.47. The van der Waals surface area contributed by atoms with Crippen LogP contribution in [0.3, 0.4) is 0 Å². The highest BCUT2D eigenvalue weighted by atomic mass is 16.9. The van der Waals surface area contributed by atoms with Gasteiger partial charge in [0.05, 0.1) is 19.8 Å². The van der Waals surface area contributed by atoms with Crippen LogP contribution in [-0.2, 0) is 14.2 Å². The summed E-state index contributed by atoms with van der Waals surface area (Å²) >= 11 is 0. The summed E-state index contributed by atoms with van der Waals surface area (Å²) < 4.78 is 16.4. The lowest BCUT2D eigenvalue weighted by Crippen LogP contribution is -2.58. The Balaban J connectivity index is 2.12. The van der Waals surface area contributed by atoms with Gasteiger partial charge in [0.2, 0.25) is 0 Å². The van der Waals surface area contributed by atoms with Crippen LogP contribution in [0.2, 0.25) is 0 Å². The third kappa shape index (κ3) is 1.08. The molecule has 0 N–H and O–H groups in total. The van der Waals surface area contributed by atoms with Crippen molar-refractivity contribution < 1.29 is 14.2 Å². The van der Waals surface area contributed by atoms with Crippen LogP contribution in [0.5, 0.6) is 0 Å². The second kappa shape index (κ2) is 2.19. The van der Waals surface area contributed by atoms with Gasteiger partial charge < -0.3 is 14.2 Å². The molecule has 0 saturated carbocycles. The zero-order valence-electron chi connectivity index (χ0n) is 7.05. The van der Waals surface area contributed by atoms with Crippen molar-refractivity contribution in [2.45, 2.75) is 26.2 Å². The zero-order chi connectivity index (χ0) is 7.95. The standard InChI is InChI=1S/C8H14O3/c1-3-8-9-4-7(2,5-10-8)6-11-8/h3-6H2,1-2H3. The predicted octanol–water partition coefficient (Wildman–Crippen LogP) is 1.13. The Morgan fingerprint density at radius 2 is 1.55 bits per heavy atom. The lowest BCUT2D eigenvalue weighted by atomic mass is 9.92. The van der Waals surface area contributed by atoms with Gasteiger partial charge in [-0.25, -0.2) is 0 Å². The minimum absolute atomic E-state index is 0.0942. The predicted molar refractivity (Wildman–Crippen MR) is 39.0 cm³/mol. The van der Waals surface area contributed by atoms with Crippen LogP contribution in [0.25, 0.3) is 0 Å². The lowest BCUT2D eigenvalue weighted by Gasteiger charge is -2.50. The number of hydrogen-bond donors (Lipinski definition) is 0. The normalized spacial score (nSPS) is 49.6. The monoisotopic (exact) mass is 158 g/mol. The van der Waals surface area contributed by atoms with Gasteiger partial charge in [0.1, 0.15) is 0 Å². The van der Waals surface area contributed by atoms with E-state index < -0.39 is 5.97 Å². The van der Waals surface area contributed by atoms with Crippen molar-refractivity contribution in [3.8, 4) is 0 Å². The van der Waals surface area contributed by atoms with Crippen LogP contribution in [0.4, 0.5) is 0 Å². The summed E-state index contributed by atoms with van der Waals surface area (Å²) in [5.41, 5.74) is 0.0942. The van der Waals surface area contributed by atoms with Gasteiger partial charge in [-0.15, -0.1) is 0 Å². The summed E-state index contributed by atoms with van der Waals surface area (Å²) in [6.07, 6.45) is 0.767. The molecule has 11 heavy (non-hydrogen) atoms. The van der Waals surface area contributed by atoms with Crippen LogP contribution in [0.15, 0.2) is 0 Å². The second-order valence-corrected chi connectivity index (χ2v) is 3.71.